The summed E-state index contributed by atoms with van der Waals surface area (Å²) < 4.78 is 0. The SMILES string of the molecule is CCc1nc(N)c(C)c(N(C)C(C)C(C)C)n1. The van der Waals surface area contributed by atoms with Crippen LogP contribution in [0.2, 0.25) is 0 Å². The van der Waals surface area contributed by atoms with E-state index in [1.54, 1.807) is 0 Å². The van der Waals surface area contributed by atoms with E-state index in [1.165, 1.54) is 0 Å². The molecule has 4 heteroatoms. The number of nitrogen functional groups attached to an aromatic ring is 1. The normalized spacial score (nSPS) is 12.9. The standard InChI is InChI=1S/C13H24N4/c1-7-11-15-12(14)9(4)13(16-11)17(6)10(5)8(2)3/h8,10H,7H2,1-6H3,(H2,14,15,16). The van der Waals surface area contributed by atoms with Crippen molar-refractivity contribution in [1.29, 1.82) is 0 Å². The van der Waals surface area contributed by atoms with Gasteiger partial charge in [0.25, 0.3) is 0 Å². The molecule has 1 unspecified atom stereocenters. The molecule has 2 N–H and O–H groups in total. The highest BCUT2D eigenvalue weighted by Crippen LogP contribution is 2.24. The molecular formula is C13H24N4. The first-order valence-electron chi connectivity index (χ1n) is 6.24. The van der Waals surface area contributed by atoms with Gasteiger partial charge in [0.2, 0.25) is 0 Å². The summed E-state index contributed by atoms with van der Waals surface area (Å²) in [6, 6.07) is 0.424. The lowest BCUT2D eigenvalue weighted by Crippen LogP contribution is -2.34. The van der Waals surface area contributed by atoms with E-state index in [2.05, 4.69) is 42.7 Å². The van der Waals surface area contributed by atoms with E-state index >= 15 is 0 Å². The van der Waals surface area contributed by atoms with Crippen molar-refractivity contribution in [3.63, 3.8) is 0 Å². The first-order valence-corrected chi connectivity index (χ1v) is 6.24. The number of nitrogens with two attached hydrogens (primary N) is 1. The summed E-state index contributed by atoms with van der Waals surface area (Å²) in [6.45, 7) is 10.6. The molecule has 17 heavy (non-hydrogen) atoms. The molecule has 0 aromatic carbocycles. The highest BCUT2D eigenvalue weighted by atomic mass is 15.2. The van der Waals surface area contributed by atoms with Gasteiger partial charge in [0.05, 0.1) is 0 Å². The van der Waals surface area contributed by atoms with E-state index in [9.17, 15) is 0 Å². The Morgan fingerprint density at radius 1 is 1.24 bits per heavy atom. The monoisotopic (exact) mass is 236 g/mol. The van der Waals surface area contributed by atoms with Crippen molar-refractivity contribution in [3.8, 4) is 0 Å². The summed E-state index contributed by atoms with van der Waals surface area (Å²) in [5.41, 5.74) is 6.90. The van der Waals surface area contributed by atoms with Crippen molar-refractivity contribution in [2.24, 2.45) is 5.92 Å². The molecule has 0 aliphatic carbocycles. The highest BCUT2D eigenvalue weighted by Gasteiger charge is 2.18. The van der Waals surface area contributed by atoms with E-state index in [1.807, 2.05) is 13.8 Å². The Morgan fingerprint density at radius 2 is 1.82 bits per heavy atom. The minimum absolute atomic E-state index is 0.424. The number of anilines is 2. The topological polar surface area (TPSA) is 55.0 Å². The molecule has 1 atom stereocenters. The fourth-order valence-electron chi connectivity index (χ4n) is 1.71. The van der Waals surface area contributed by atoms with Crippen LogP contribution < -0.4 is 10.6 Å². The van der Waals surface area contributed by atoms with Crippen molar-refractivity contribution in [3.05, 3.63) is 11.4 Å². The number of aromatic nitrogens is 2. The Morgan fingerprint density at radius 3 is 2.29 bits per heavy atom. The van der Waals surface area contributed by atoms with Crippen molar-refractivity contribution < 1.29 is 0 Å². The van der Waals surface area contributed by atoms with Gasteiger partial charge in [-0.1, -0.05) is 20.8 Å². The zero-order chi connectivity index (χ0) is 13.2. The molecule has 1 aromatic rings. The molecule has 0 amide bonds. The molecule has 0 bridgehead atoms. The third-order valence-corrected chi connectivity index (χ3v) is 3.43. The molecule has 96 valence electrons. The number of hydrogen-bond acceptors (Lipinski definition) is 4. The van der Waals surface area contributed by atoms with Gasteiger partial charge in [0, 0.05) is 25.1 Å². The Bertz CT molecular complexity index is 387. The van der Waals surface area contributed by atoms with Crippen molar-refractivity contribution in [1.82, 2.24) is 9.97 Å². The third kappa shape index (κ3) is 2.87. The van der Waals surface area contributed by atoms with Gasteiger partial charge in [-0.25, -0.2) is 9.97 Å². The first-order chi connectivity index (χ1) is 7.88. The Labute approximate surface area is 104 Å². The van der Waals surface area contributed by atoms with Gasteiger partial charge in [-0.15, -0.1) is 0 Å². The fourth-order valence-corrected chi connectivity index (χ4v) is 1.71. The van der Waals surface area contributed by atoms with Crippen LogP contribution in [-0.4, -0.2) is 23.1 Å². The molecule has 0 aliphatic rings. The Hall–Kier alpha value is -1.32. The summed E-state index contributed by atoms with van der Waals surface area (Å²) in [4.78, 5) is 11.1. The zero-order valence-electron chi connectivity index (χ0n) is 11.8. The third-order valence-electron chi connectivity index (χ3n) is 3.43. The molecule has 1 rings (SSSR count). The molecule has 0 aliphatic heterocycles. The van der Waals surface area contributed by atoms with Crippen LogP contribution in [0.5, 0.6) is 0 Å². The van der Waals surface area contributed by atoms with E-state index in [0.29, 0.717) is 17.8 Å². The maximum absolute atomic E-state index is 5.93. The molecule has 0 saturated heterocycles. The largest absolute Gasteiger partial charge is 0.383 e. The van der Waals surface area contributed by atoms with Crippen LogP contribution >= 0.6 is 0 Å². The van der Waals surface area contributed by atoms with Gasteiger partial charge in [0.1, 0.15) is 17.5 Å². The molecule has 1 aromatic heterocycles. The molecule has 4 nitrogen and oxygen atoms in total. The maximum atomic E-state index is 5.93. The van der Waals surface area contributed by atoms with Gasteiger partial charge in [-0.05, 0) is 19.8 Å². The summed E-state index contributed by atoms with van der Waals surface area (Å²) >= 11 is 0. The maximum Gasteiger partial charge on any atom is 0.137 e. The van der Waals surface area contributed by atoms with E-state index in [0.717, 1.165) is 23.6 Å². The van der Waals surface area contributed by atoms with Gasteiger partial charge >= 0.3 is 0 Å². The quantitative estimate of drug-likeness (QED) is 0.872. The fraction of sp³-hybridized carbons (Fsp3) is 0.692. The lowest BCUT2D eigenvalue weighted by atomic mass is 10.0. The Balaban J connectivity index is 3.16. The average Bonchev–Trinajstić information content (AvgIpc) is 2.30. The second-order valence-corrected chi connectivity index (χ2v) is 4.92. The summed E-state index contributed by atoms with van der Waals surface area (Å²) in [7, 11) is 2.07. The van der Waals surface area contributed by atoms with Gasteiger partial charge in [-0.2, -0.15) is 0 Å². The van der Waals surface area contributed by atoms with Crippen LogP contribution in [0, 0.1) is 12.8 Å². The highest BCUT2D eigenvalue weighted by molar-refractivity contribution is 5.56. The minimum Gasteiger partial charge on any atom is -0.383 e. The van der Waals surface area contributed by atoms with Crippen LogP contribution in [0.4, 0.5) is 11.6 Å². The van der Waals surface area contributed by atoms with Crippen molar-refractivity contribution in [2.75, 3.05) is 17.7 Å². The van der Waals surface area contributed by atoms with Crippen LogP contribution in [-0.2, 0) is 6.42 Å². The second kappa shape index (κ2) is 5.34. The summed E-state index contributed by atoms with van der Waals surface area (Å²) in [5.74, 6) is 2.93. The van der Waals surface area contributed by atoms with E-state index in [-0.39, 0.29) is 0 Å². The van der Waals surface area contributed by atoms with Crippen LogP contribution in [0.15, 0.2) is 0 Å². The summed E-state index contributed by atoms with van der Waals surface area (Å²) in [6.07, 6.45) is 0.807. The molecule has 0 spiro atoms. The van der Waals surface area contributed by atoms with Gasteiger partial charge in [0.15, 0.2) is 0 Å². The Kier molecular flexibility index (Phi) is 4.32. The summed E-state index contributed by atoms with van der Waals surface area (Å²) in [5, 5.41) is 0. The predicted octanol–water partition coefficient (Wildman–Crippen LogP) is 2.41. The molecular weight excluding hydrogens is 212 g/mol. The lowest BCUT2D eigenvalue weighted by Gasteiger charge is -2.30. The number of hydrogen-bond donors (Lipinski definition) is 1. The molecule has 0 radical (unpaired) electrons. The van der Waals surface area contributed by atoms with Crippen LogP contribution in [0.25, 0.3) is 0 Å². The number of nitrogens with zero attached hydrogens (tertiary/aromatic N) is 3. The molecule has 0 fully saturated rings. The number of rotatable bonds is 4. The van der Waals surface area contributed by atoms with E-state index in [4.69, 9.17) is 5.73 Å². The van der Waals surface area contributed by atoms with Crippen molar-refractivity contribution in [2.45, 2.75) is 47.1 Å². The van der Waals surface area contributed by atoms with Crippen LogP contribution in [0.1, 0.15) is 39.1 Å². The molecule has 0 saturated carbocycles. The zero-order valence-corrected chi connectivity index (χ0v) is 11.8. The minimum atomic E-state index is 0.424. The predicted molar refractivity (Wildman–Crippen MR) is 73.3 cm³/mol. The van der Waals surface area contributed by atoms with E-state index < -0.39 is 0 Å². The lowest BCUT2D eigenvalue weighted by molar-refractivity contribution is 0.501. The van der Waals surface area contributed by atoms with Gasteiger partial charge in [-0.3, -0.25) is 0 Å². The van der Waals surface area contributed by atoms with Crippen molar-refractivity contribution >= 4 is 11.6 Å². The molecule has 1 heterocycles. The second-order valence-electron chi connectivity index (χ2n) is 4.92. The van der Waals surface area contributed by atoms with Gasteiger partial charge < -0.3 is 10.6 Å². The average molecular weight is 236 g/mol. The smallest absolute Gasteiger partial charge is 0.137 e. The number of aryl methyl sites for hydroxylation is 1. The first kappa shape index (κ1) is 13.7. The van der Waals surface area contributed by atoms with Crippen LogP contribution in [0.3, 0.4) is 0 Å².